The molecule has 0 spiro atoms. The minimum Gasteiger partial charge on any atom is -0.367 e. The standard InChI is InChI=1S/C16H16FN3O2/c17-13-3-1-2-12(10-13)16(22)20-8-6-19(7-9-20)14-4-5-15(21)18-11-14/h1-5,10-11H,6-9H2,(H,18,21). The van der Waals surface area contributed by atoms with E-state index in [0.29, 0.717) is 31.7 Å². The predicted octanol–water partition coefficient (Wildman–Crippen LogP) is 1.48. The number of nitrogens with zero attached hydrogens (tertiary/aromatic N) is 2. The molecule has 1 aromatic heterocycles. The van der Waals surface area contributed by atoms with Crippen molar-refractivity contribution in [1.29, 1.82) is 0 Å². The summed E-state index contributed by atoms with van der Waals surface area (Å²) in [7, 11) is 0. The zero-order valence-electron chi connectivity index (χ0n) is 12.0. The van der Waals surface area contributed by atoms with E-state index in [1.165, 1.54) is 18.2 Å². The fourth-order valence-electron chi connectivity index (χ4n) is 2.57. The van der Waals surface area contributed by atoms with Crippen LogP contribution < -0.4 is 10.5 Å². The first kappa shape index (κ1) is 14.3. The van der Waals surface area contributed by atoms with Crippen LogP contribution in [0.2, 0.25) is 0 Å². The average Bonchev–Trinajstić information content (AvgIpc) is 2.55. The number of carbonyl (C=O) groups is 1. The van der Waals surface area contributed by atoms with Crippen LogP contribution in [0.4, 0.5) is 10.1 Å². The molecule has 0 radical (unpaired) electrons. The topological polar surface area (TPSA) is 56.4 Å². The van der Waals surface area contributed by atoms with Crippen LogP contribution in [0.1, 0.15) is 10.4 Å². The molecule has 0 atom stereocenters. The first-order valence-corrected chi connectivity index (χ1v) is 7.12. The molecule has 114 valence electrons. The molecule has 1 fully saturated rings. The lowest BCUT2D eigenvalue weighted by Gasteiger charge is -2.36. The summed E-state index contributed by atoms with van der Waals surface area (Å²) in [5.41, 5.74) is 1.17. The van der Waals surface area contributed by atoms with Crippen molar-refractivity contribution in [2.24, 2.45) is 0 Å². The first-order chi connectivity index (χ1) is 10.6. The van der Waals surface area contributed by atoms with E-state index in [1.54, 1.807) is 29.3 Å². The Hall–Kier alpha value is -2.63. The quantitative estimate of drug-likeness (QED) is 0.914. The van der Waals surface area contributed by atoms with Crippen molar-refractivity contribution in [2.75, 3.05) is 31.1 Å². The second-order valence-corrected chi connectivity index (χ2v) is 5.20. The third-order valence-corrected chi connectivity index (χ3v) is 3.77. The maximum absolute atomic E-state index is 13.2. The number of aromatic amines is 1. The van der Waals surface area contributed by atoms with Gasteiger partial charge in [0.2, 0.25) is 5.56 Å². The van der Waals surface area contributed by atoms with Crippen LogP contribution in [0.25, 0.3) is 0 Å². The lowest BCUT2D eigenvalue weighted by atomic mass is 10.1. The van der Waals surface area contributed by atoms with Gasteiger partial charge in [-0.05, 0) is 24.3 Å². The Morgan fingerprint density at radius 2 is 1.86 bits per heavy atom. The Bertz CT molecular complexity index is 716. The summed E-state index contributed by atoms with van der Waals surface area (Å²) in [5.74, 6) is -0.557. The maximum Gasteiger partial charge on any atom is 0.254 e. The number of amides is 1. The van der Waals surface area contributed by atoms with E-state index >= 15 is 0 Å². The highest BCUT2D eigenvalue weighted by Crippen LogP contribution is 2.15. The van der Waals surface area contributed by atoms with Crippen molar-refractivity contribution < 1.29 is 9.18 Å². The number of pyridine rings is 1. The number of hydrogen-bond acceptors (Lipinski definition) is 3. The monoisotopic (exact) mass is 301 g/mol. The highest BCUT2D eigenvalue weighted by atomic mass is 19.1. The number of H-pyrrole nitrogens is 1. The Morgan fingerprint density at radius 3 is 2.50 bits per heavy atom. The summed E-state index contributed by atoms with van der Waals surface area (Å²) in [5, 5.41) is 0. The molecule has 1 aromatic carbocycles. The van der Waals surface area contributed by atoms with Crippen LogP contribution in [0.5, 0.6) is 0 Å². The van der Waals surface area contributed by atoms with Crippen LogP contribution in [0.15, 0.2) is 47.4 Å². The summed E-state index contributed by atoms with van der Waals surface area (Å²) < 4.78 is 13.2. The van der Waals surface area contributed by atoms with Gasteiger partial charge in [0.05, 0.1) is 5.69 Å². The van der Waals surface area contributed by atoms with Gasteiger partial charge in [-0.25, -0.2) is 4.39 Å². The van der Waals surface area contributed by atoms with E-state index in [-0.39, 0.29) is 11.5 Å². The normalized spacial score (nSPS) is 15.0. The molecule has 2 aromatic rings. The van der Waals surface area contributed by atoms with Crippen molar-refractivity contribution in [3.05, 3.63) is 64.3 Å². The first-order valence-electron chi connectivity index (χ1n) is 7.12. The number of aromatic nitrogens is 1. The summed E-state index contributed by atoms with van der Waals surface area (Å²) in [6, 6.07) is 9.00. The second-order valence-electron chi connectivity index (χ2n) is 5.20. The third-order valence-electron chi connectivity index (χ3n) is 3.77. The zero-order chi connectivity index (χ0) is 15.5. The number of halogens is 1. The van der Waals surface area contributed by atoms with Gasteiger partial charge >= 0.3 is 0 Å². The average molecular weight is 301 g/mol. The van der Waals surface area contributed by atoms with Gasteiger partial charge in [-0.2, -0.15) is 0 Å². The lowest BCUT2D eigenvalue weighted by Crippen LogP contribution is -2.48. The Balaban J connectivity index is 1.65. The lowest BCUT2D eigenvalue weighted by molar-refractivity contribution is 0.0746. The third kappa shape index (κ3) is 3.00. The van der Waals surface area contributed by atoms with Crippen molar-refractivity contribution >= 4 is 11.6 Å². The molecule has 1 aliphatic heterocycles. The predicted molar refractivity (Wildman–Crippen MR) is 81.6 cm³/mol. The molecule has 0 unspecified atom stereocenters. The number of carbonyl (C=O) groups excluding carboxylic acids is 1. The largest absolute Gasteiger partial charge is 0.367 e. The number of anilines is 1. The van der Waals surface area contributed by atoms with Gasteiger partial charge in [0.25, 0.3) is 5.91 Å². The van der Waals surface area contributed by atoms with E-state index in [1.807, 2.05) is 0 Å². The molecule has 22 heavy (non-hydrogen) atoms. The molecule has 3 rings (SSSR count). The molecule has 0 aliphatic carbocycles. The molecular weight excluding hydrogens is 285 g/mol. The maximum atomic E-state index is 13.2. The SMILES string of the molecule is O=C(c1cccc(F)c1)N1CCN(c2ccc(=O)[nH]c2)CC1. The number of rotatable bonds is 2. The molecule has 0 saturated carbocycles. The second kappa shape index (κ2) is 6.01. The fraction of sp³-hybridized carbons (Fsp3) is 0.250. The summed E-state index contributed by atoms with van der Waals surface area (Å²) in [6.45, 7) is 2.48. The Kier molecular flexibility index (Phi) is 3.91. The van der Waals surface area contributed by atoms with Gasteiger partial charge in [0.15, 0.2) is 0 Å². The van der Waals surface area contributed by atoms with Gasteiger partial charge in [-0.1, -0.05) is 6.07 Å². The van der Waals surface area contributed by atoms with E-state index in [0.717, 1.165) is 5.69 Å². The van der Waals surface area contributed by atoms with Crippen LogP contribution in [-0.2, 0) is 0 Å². The molecule has 5 nitrogen and oxygen atoms in total. The molecule has 0 bridgehead atoms. The van der Waals surface area contributed by atoms with Gasteiger partial charge in [0, 0.05) is 44.0 Å². The number of benzene rings is 1. The Labute approximate surface area is 127 Å². The highest BCUT2D eigenvalue weighted by molar-refractivity contribution is 5.94. The van der Waals surface area contributed by atoms with Gasteiger partial charge in [-0.15, -0.1) is 0 Å². The van der Waals surface area contributed by atoms with Crippen molar-refractivity contribution in [3.8, 4) is 0 Å². The van der Waals surface area contributed by atoms with Crippen molar-refractivity contribution in [1.82, 2.24) is 9.88 Å². The van der Waals surface area contributed by atoms with Gasteiger partial charge in [0.1, 0.15) is 5.82 Å². The van der Waals surface area contributed by atoms with Crippen LogP contribution in [0, 0.1) is 5.82 Å². The van der Waals surface area contributed by atoms with E-state index < -0.39 is 5.82 Å². The molecule has 6 heteroatoms. The van der Waals surface area contributed by atoms with Crippen LogP contribution >= 0.6 is 0 Å². The molecule has 1 amide bonds. The number of piperazine rings is 1. The van der Waals surface area contributed by atoms with Gasteiger partial charge < -0.3 is 14.8 Å². The van der Waals surface area contributed by atoms with Crippen molar-refractivity contribution in [2.45, 2.75) is 0 Å². The van der Waals surface area contributed by atoms with E-state index in [9.17, 15) is 14.0 Å². The van der Waals surface area contributed by atoms with Crippen LogP contribution in [-0.4, -0.2) is 42.0 Å². The Morgan fingerprint density at radius 1 is 1.09 bits per heavy atom. The summed E-state index contributed by atoms with van der Waals surface area (Å²) in [4.78, 5) is 29.9. The molecule has 1 aliphatic rings. The molecular formula is C16H16FN3O2. The van der Waals surface area contributed by atoms with E-state index in [2.05, 4.69) is 9.88 Å². The minimum atomic E-state index is -0.405. The zero-order valence-corrected chi connectivity index (χ0v) is 12.0. The van der Waals surface area contributed by atoms with Gasteiger partial charge in [-0.3, -0.25) is 9.59 Å². The molecule has 1 N–H and O–H groups in total. The summed E-state index contributed by atoms with van der Waals surface area (Å²) in [6.07, 6.45) is 1.67. The minimum absolute atomic E-state index is 0.135. The number of nitrogens with one attached hydrogen (secondary N) is 1. The van der Waals surface area contributed by atoms with Crippen LogP contribution in [0.3, 0.4) is 0 Å². The highest BCUT2D eigenvalue weighted by Gasteiger charge is 2.22. The smallest absolute Gasteiger partial charge is 0.254 e. The summed E-state index contributed by atoms with van der Waals surface area (Å²) >= 11 is 0. The van der Waals surface area contributed by atoms with Crippen molar-refractivity contribution in [3.63, 3.8) is 0 Å². The number of hydrogen-bond donors (Lipinski definition) is 1. The molecule has 2 heterocycles. The fourth-order valence-corrected chi connectivity index (χ4v) is 2.57. The molecule has 1 saturated heterocycles. The van der Waals surface area contributed by atoms with E-state index in [4.69, 9.17) is 0 Å².